The van der Waals surface area contributed by atoms with Gasteiger partial charge in [-0.05, 0) is 25.5 Å². The van der Waals surface area contributed by atoms with Crippen LogP contribution in [0.15, 0.2) is 23.1 Å². The fourth-order valence-electron chi connectivity index (χ4n) is 3.29. The van der Waals surface area contributed by atoms with E-state index in [9.17, 15) is 23.3 Å². The number of hydrogen-bond donors (Lipinski definition) is 1. The lowest BCUT2D eigenvalue weighted by molar-refractivity contribution is -0.384. The molecule has 0 aromatic heterocycles. The predicted octanol–water partition coefficient (Wildman–Crippen LogP) is 1.59. The summed E-state index contributed by atoms with van der Waals surface area (Å²) in [5, 5.41) is 11.4. The highest BCUT2D eigenvalue weighted by Gasteiger charge is 2.34. The van der Waals surface area contributed by atoms with Crippen LogP contribution in [0.5, 0.6) is 0 Å². The molecule has 158 valence electrons. The van der Waals surface area contributed by atoms with Crippen molar-refractivity contribution in [3.63, 3.8) is 0 Å². The number of hydrogen-bond acceptors (Lipinski definition) is 7. The van der Waals surface area contributed by atoms with E-state index in [0.717, 1.165) is 18.7 Å². The van der Waals surface area contributed by atoms with Crippen LogP contribution < -0.4 is 10.6 Å². The molecule has 11 heteroatoms. The summed E-state index contributed by atoms with van der Waals surface area (Å²) in [5.74, 6) is -0.120. The molecule has 0 aliphatic carbocycles. The Kier molecular flexibility index (Phi) is 7.81. The maximum Gasteiger partial charge on any atom is 0.293 e. The lowest BCUT2D eigenvalue weighted by Crippen LogP contribution is -2.58. The lowest BCUT2D eigenvalue weighted by atomic mass is 9.95. The highest BCUT2D eigenvalue weighted by Crippen LogP contribution is 2.31. The van der Waals surface area contributed by atoms with E-state index in [1.165, 1.54) is 12.1 Å². The van der Waals surface area contributed by atoms with Crippen molar-refractivity contribution in [2.24, 2.45) is 5.73 Å². The number of halogens is 1. The largest absolute Gasteiger partial charge is 0.362 e. The molecule has 1 fully saturated rings. The Bertz CT molecular complexity index is 836. The molecule has 1 aromatic carbocycles. The molecule has 1 aromatic rings. The van der Waals surface area contributed by atoms with Crippen molar-refractivity contribution in [2.75, 3.05) is 37.3 Å². The first-order valence-electron chi connectivity index (χ1n) is 8.79. The number of sulfone groups is 1. The summed E-state index contributed by atoms with van der Waals surface area (Å²) in [4.78, 5) is 26.8. The van der Waals surface area contributed by atoms with Crippen LogP contribution in [0, 0.1) is 10.1 Å². The zero-order chi connectivity index (χ0) is 20.4. The van der Waals surface area contributed by atoms with Gasteiger partial charge in [0.1, 0.15) is 5.69 Å². The molecule has 0 spiro atoms. The zero-order valence-electron chi connectivity index (χ0n) is 16.3. The molecule has 1 unspecified atom stereocenters. The molecule has 9 nitrogen and oxygen atoms in total. The number of nitrogens with zero attached hydrogens (tertiary/aromatic N) is 3. The van der Waals surface area contributed by atoms with Crippen LogP contribution in [0.2, 0.25) is 0 Å². The normalized spacial score (nSPS) is 16.9. The quantitative estimate of drug-likeness (QED) is 0.531. The first-order valence-corrected chi connectivity index (χ1v) is 10.7. The van der Waals surface area contributed by atoms with E-state index in [0.29, 0.717) is 38.3 Å². The van der Waals surface area contributed by atoms with E-state index in [2.05, 4.69) is 0 Å². The number of anilines is 1. The van der Waals surface area contributed by atoms with Crippen molar-refractivity contribution in [1.29, 1.82) is 0 Å². The van der Waals surface area contributed by atoms with Crippen LogP contribution in [0.4, 0.5) is 11.4 Å². The third-order valence-corrected chi connectivity index (χ3v) is 5.85. The molecule has 1 atom stereocenters. The Balaban J connectivity index is 0.00000392. The summed E-state index contributed by atoms with van der Waals surface area (Å²) in [6.07, 6.45) is 2.40. The summed E-state index contributed by atoms with van der Waals surface area (Å²) >= 11 is 0. The van der Waals surface area contributed by atoms with Crippen LogP contribution in [-0.4, -0.2) is 62.1 Å². The second kappa shape index (κ2) is 9.06. The van der Waals surface area contributed by atoms with E-state index < -0.39 is 20.3 Å². The van der Waals surface area contributed by atoms with Gasteiger partial charge in [0.2, 0.25) is 5.91 Å². The van der Waals surface area contributed by atoms with Crippen LogP contribution in [-0.2, 0) is 14.6 Å². The molecule has 1 amide bonds. The van der Waals surface area contributed by atoms with E-state index in [-0.39, 0.29) is 28.9 Å². The number of amides is 1. The van der Waals surface area contributed by atoms with Crippen molar-refractivity contribution >= 4 is 39.5 Å². The summed E-state index contributed by atoms with van der Waals surface area (Å²) in [5.41, 5.74) is 5.29. The number of nitro benzene ring substituents is 1. The molecule has 2 N–H and O–H groups in total. The Hall–Kier alpha value is -1.91. The Morgan fingerprint density at radius 2 is 1.86 bits per heavy atom. The van der Waals surface area contributed by atoms with Gasteiger partial charge in [-0.1, -0.05) is 13.3 Å². The van der Waals surface area contributed by atoms with Gasteiger partial charge in [0.15, 0.2) is 9.84 Å². The number of nitrogens with two attached hydrogens (primary N) is 1. The maximum atomic E-state index is 12.6. The third-order valence-electron chi connectivity index (χ3n) is 4.74. The van der Waals surface area contributed by atoms with Gasteiger partial charge in [-0.25, -0.2) is 8.42 Å². The third kappa shape index (κ3) is 5.33. The Labute approximate surface area is 171 Å². The average molecular weight is 435 g/mol. The number of rotatable bonds is 6. The highest BCUT2D eigenvalue weighted by molar-refractivity contribution is 7.90. The molecule has 0 saturated carbocycles. The molecular weight excluding hydrogens is 408 g/mol. The summed E-state index contributed by atoms with van der Waals surface area (Å²) in [6.45, 7) is 5.32. The van der Waals surface area contributed by atoms with Crippen molar-refractivity contribution < 1.29 is 18.1 Å². The minimum atomic E-state index is -3.54. The maximum absolute atomic E-state index is 12.6. The van der Waals surface area contributed by atoms with E-state index >= 15 is 0 Å². The minimum Gasteiger partial charge on any atom is -0.362 e. The van der Waals surface area contributed by atoms with Crippen LogP contribution >= 0.6 is 12.4 Å². The molecule has 0 radical (unpaired) electrons. The topological polar surface area (TPSA) is 127 Å². The van der Waals surface area contributed by atoms with Crippen molar-refractivity contribution in [1.82, 2.24) is 4.90 Å². The zero-order valence-corrected chi connectivity index (χ0v) is 17.9. The van der Waals surface area contributed by atoms with Gasteiger partial charge < -0.3 is 15.5 Å². The second-order valence-corrected chi connectivity index (χ2v) is 9.14. The highest BCUT2D eigenvalue weighted by atomic mass is 35.5. The second-order valence-electron chi connectivity index (χ2n) is 7.13. The monoisotopic (exact) mass is 434 g/mol. The van der Waals surface area contributed by atoms with Gasteiger partial charge in [0.05, 0.1) is 15.4 Å². The summed E-state index contributed by atoms with van der Waals surface area (Å²) in [6, 6.07) is 3.91. The van der Waals surface area contributed by atoms with Gasteiger partial charge in [0.25, 0.3) is 5.69 Å². The van der Waals surface area contributed by atoms with Crippen LogP contribution in [0.3, 0.4) is 0 Å². The summed E-state index contributed by atoms with van der Waals surface area (Å²) in [7, 11) is -3.54. The van der Waals surface area contributed by atoms with Crippen LogP contribution in [0.25, 0.3) is 0 Å². The number of benzene rings is 1. The molecule has 2 rings (SSSR count). The van der Waals surface area contributed by atoms with Gasteiger partial charge in [-0.15, -0.1) is 12.4 Å². The lowest BCUT2D eigenvalue weighted by Gasteiger charge is -2.39. The van der Waals surface area contributed by atoms with E-state index in [1.807, 2.05) is 6.92 Å². The smallest absolute Gasteiger partial charge is 0.293 e. The Morgan fingerprint density at radius 1 is 1.29 bits per heavy atom. The van der Waals surface area contributed by atoms with Crippen molar-refractivity contribution in [3.8, 4) is 0 Å². The van der Waals surface area contributed by atoms with E-state index in [1.54, 1.807) is 16.7 Å². The van der Waals surface area contributed by atoms with Gasteiger partial charge >= 0.3 is 0 Å². The first-order chi connectivity index (χ1) is 12.5. The first kappa shape index (κ1) is 24.1. The van der Waals surface area contributed by atoms with Crippen molar-refractivity contribution in [2.45, 2.75) is 37.1 Å². The molecule has 1 aliphatic rings. The molecule has 1 heterocycles. The summed E-state index contributed by atoms with van der Waals surface area (Å²) < 4.78 is 23.3. The number of piperazine rings is 1. The molecule has 0 bridgehead atoms. The number of nitro groups is 1. The fraction of sp³-hybridized carbons (Fsp3) is 0.588. The fourth-order valence-corrected chi connectivity index (χ4v) is 3.93. The number of carbonyl (C=O) groups is 1. The predicted molar refractivity (Wildman–Crippen MR) is 110 cm³/mol. The number of carbonyl (C=O) groups excluding carboxylic acids is 1. The van der Waals surface area contributed by atoms with E-state index in [4.69, 9.17) is 5.73 Å². The molecule has 1 saturated heterocycles. The van der Waals surface area contributed by atoms with Gasteiger partial charge in [-0.2, -0.15) is 0 Å². The van der Waals surface area contributed by atoms with Gasteiger partial charge in [-0.3, -0.25) is 14.9 Å². The van der Waals surface area contributed by atoms with Crippen molar-refractivity contribution in [3.05, 3.63) is 28.3 Å². The van der Waals surface area contributed by atoms with Crippen LogP contribution in [0.1, 0.15) is 26.7 Å². The average Bonchev–Trinajstić information content (AvgIpc) is 2.60. The Morgan fingerprint density at radius 3 is 2.32 bits per heavy atom. The van der Waals surface area contributed by atoms with Gasteiger partial charge in [0, 0.05) is 38.5 Å². The molecule has 1 aliphatic heterocycles. The minimum absolute atomic E-state index is 0. The molecular formula is C17H27ClN4O5S. The SMILES string of the molecule is CCCC(C)(N)C(=O)N1CCN(c2ccc(S(C)(=O)=O)cc2[N+](=O)[O-])CC1.Cl. The standard InChI is InChI=1S/C17H26N4O5S.ClH/c1-4-7-17(2,18)16(22)20-10-8-19(9-11-20)14-6-5-13(27(3,25)26)12-15(14)21(23)24;/h5-6,12H,4,7-11,18H2,1-3H3;1H. The molecule has 28 heavy (non-hydrogen) atoms.